The van der Waals surface area contributed by atoms with Crippen LogP contribution in [0.2, 0.25) is 0 Å². The summed E-state index contributed by atoms with van der Waals surface area (Å²) in [5.74, 6) is -0.188. The largest absolute Gasteiger partial charge is 0.369 e. The van der Waals surface area contributed by atoms with Gasteiger partial charge in [-0.1, -0.05) is 28.1 Å². The van der Waals surface area contributed by atoms with E-state index in [0.29, 0.717) is 39.0 Å². The maximum atomic E-state index is 13.1. The van der Waals surface area contributed by atoms with Gasteiger partial charge in [0, 0.05) is 42.6 Å². The zero-order chi connectivity index (χ0) is 21.3. The number of benzene rings is 1. The summed E-state index contributed by atoms with van der Waals surface area (Å²) < 4.78 is 0.976. The van der Waals surface area contributed by atoms with Gasteiger partial charge in [0.15, 0.2) is 0 Å². The minimum atomic E-state index is -0.268. The van der Waals surface area contributed by atoms with E-state index in [0.717, 1.165) is 35.8 Å². The molecule has 3 heterocycles. The second-order valence-electron chi connectivity index (χ2n) is 8.83. The molecule has 162 valence electrons. The number of hydrogen-bond acceptors (Lipinski definition) is 4. The summed E-state index contributed by atoms with van der Waals surface area (Å²) in [7, 11) is 0. The van der Waals surface area contributed by atoms with Crippen molar-refractivity contribution in [3.8, 4) is 0 Å². The van der Waals surface area contributed by atoms with Crippen molar-refractivity contribution < 1.29 is 14.4 Å². The van der Waals surface area contributed by atoms with Crippen molar-refractivity contribution in [1.29, 1.82) is 0 Å². The molecule has 7 nitrogen and oxygen atoms in total. The van der Waals surface area contributed by atoms with Gasteiger partial charge in [0.1, 0.15) is 0 Å². The summed E-state index contributed by atoms with van der Waals surface area (Å²) in [6.45, 7) is 2.99. The number of nitrogens with one attached hydrogen (secondary N) is 1. The van der Waals surface area contributed by atoms with E-state index in [-0.39, 0.29) is 35.1 Å². The number of halogens is 1. The zero-order valence-corrected chi connectivity index (χ0v) is 18.7. The van der Waals surface area contributed by atoms with Crippen LogP contribution in [0.5, 0.6) is 0 Å². The molecular formula is C22H29BrN4O3. The lowest BCUT2D eigenvalue weighted by molar-refractivity contribution is -0.140. The molecule has 2 unspecified atom stereocenters. The highest BCUT2D eigenvalue weighted by atomic mass is 79.9. The highest BCUT2D eigenvalue weighted by molar-refractivity contribution is 9.10. The summed E-state index contributed by atoms with van der Waals surface area (Å²) in [5, 5.41) is 2.94. The fraction of sp³-hybridized carbons (Fsp3) is 0.591. The fourth-order valence-electron chi connectivity index (χ4n) is 5.17. The quantitative estimate of drug-likeness (QED) is 0.692. The molecular weight excluding hydrogens is 448 g/mol. The molecule has 8 heteroatoms. The predicted octanol–water partition coefficient (Wildman–Crippen LogP) is 1.82. The van der Waals surface area contributed by atoms with Crippen LogP contribution < -0.4 is 11.1 Å². The second kappa shape index (κ2) is 8.67. The van der Waals surface area contributed by atoms with E-state index >= 15 is 0 Å². The number of likely N-dealkylation sites (tertiary alicyclic amines) is 2. The second-order valence-corrected chi connectivity index (χ2v) is 9.75. The van der Waals surface area contributed by atoms with Crippen molar-refractivity contribution in [2.45, 2.75) is 38.1 Å². The number of rotatable bonds is 4. The Balaban J connectivity index is 1.43. The Kier molecular flexibility index (Phi) is 6.16. The first kappa shape index (κ1) is 21.3. The number of carbonyl (C=O) groups excluding carboxylic acids is 3. The van der Waals surface area contributed by atoms with Crippen LogP contribution in [0, 0.1) is 11.3 Å². The van der Waals surface area contributed by atoms with Gasteiger partial charge in [0.05, 0.1) is 12.0 Å². The van der Waals surface area contributed by atoms with Gasteiger partial charge in [-0.3, -0.25) is 19.3 Å². The highest BCUT2D eigenvalue weighted by Crippen LogP contribution is 2.39. The third kappa shape index (κ3) is 4.25. The first-order valence-electron chi connectivity index (χ1n) is 10.7. The van der Waals surface area contributed by atoms with Crippen LogP contribution in [0.15, 0.2) is 28.7 Å². The van der Waals surface area contributed by atoms with Gasteiger partial charge >= 0.3 is 0 Å². The molecule has 3 amide bonds. The van der Waals surface area contributed by atoms with Crippen LogP contribution in [-0.4, -0.2) is 60.2 Å². The van der Waals surface area contributed by atoms with E-state index in [1.165, 1.54) is 0 Å². The van der Waals surface area contributed by atoms with Crippen molar-refractivity contribution >= 4 is 33.7 Å². The van der Waals surface area contributed by atoms with Crippen molar-refractivity contribution in [3.63, 3.8) is 0 Å². The molecule has 3 N–H and O–H groups in total. The molecule has 3 fully saturated rings. The Morgan fingerprint density at radius 2 is 1.97 bits per heavy atom. The summed E-state index contributed by atoms with van der Waals surface area (Å²) in [5.41, 5.74) is 6.41. The van der Waals surface area contributed by atoms with Gasteiger partial charge in [0.25, 0.3) is 0 Å². The lowest BCUT2D eigenvalue weighted by Gasteiger charge is -2.41. The molecule has 3 aliphatic heterocycles. The lowest BCUT2D eigenvalue weighted by atomic mass is 9.77. The Hall–Kier alpha value is -1.93. The van der Waals surface area contributed by atoms with Crippen LogP contribution in [0.4, 0.5) is 0 Å². The molecule has 3 aliphatic rings. The van der Waals surface area contributed by atoms with Crippen molar-refractivity contribution in [2.24, 2.45) is 17.1 Å². The summed E-state index contributed by atoms with van der Waals surface area (Å²) in [6.07, 6.45) is 3.66. The average molecular weight is 477 g/mol. The first-order chi connectivity index (χ1) is 14.4. The standard InChI is InChI=1S/C22H29BrN4O3/c23-17-3-1-2-15(12-17)18-13-16(20(24)29)4-9-27(18)14-19(28)26-10-6-22(7-11-26)5-8-25-21(22)30/h1-3,12,16,18H,4-11,13-14H2,(H2,24,29)(H,25,30). The van der Waals surface area contributed by atoms with Crippen molar-refractivity contribution in [1.82, 2.24) is 15.1 Å². The van der Waals surface area contributed by atoms with Crippen LogP contribution in [0.3, 0.4) is 0 Å². The minimum Gasteiger partial charge on any atom is -0.369 e. The third-order valence-corrected chi connectivity index (χ3v) is 7.62. The number of piperidine rings is 2. The summed E-state index contributed by atoms with van der Waals surface area (Å²) >= 11 is 3.52. The molecule has 0 aromatic heterocycles. The molecule has 4 rings (SSSR count). The average Bonchev–Trinajstić information content (AvgIpc) is 3.08. The van der Waals surface area contributed by atoms with Gasteiger partial charge in [-0.15, -0.1) is 0 Å². The highest BCUT2D eigenvalue weighted by Gasteiger charge is 2.45. The van der Waals surface area contributed by atoms with Crippen LogP contribution in [-0.2, 0) is 14.4 Å². The first-order valence-corrected chi connectivity index (χ1v) is 11.5. The zero-order valence-electron chi connectivity index (χ0n) is 17.1. The summed E-state index contributed by atoms with van der Waals surface area (Å²) in [4.78, 5) is 41.2. The normalized spacial score (nSPS) is 26.6. The van der Waals surface area contributed by atoms with E-state index < -0.39 is 0 Å². The number of carbonyl (C=O) groups is 3. The molecule has 0 radical (unpaired) electrons. The number of nitrogens with zero attached hydrogens (tertiary/aromatic N) is 2. The molecule has 2 atom stereocenters. The van der Waals surface area contributed by atoms with E-state index in [9.17, 15) is 14.4 Å². The third-order valence-electron chi connectivity index (χ3n) is 7.13. The monoisotopic (exact) mass is 476 g/mol. The molecule has 30 heavy (non-hydrogen) atoms. The molecule has 0 bridgehead atoms. The van der Waals surface area contributed by atoms with Crippen LogP contribution in [0.1, 0.15) is 43.7 Å². The number of hydrogen-bond donors (Lipinski definition) is 2. The van der Waals surface area contributed by atoms with E-state index in [1.807, 2.05) is 23.1 Å². The summed E-state index contributed by atoms with van der Waals surface area (Å²) in [6, 6.07) is 8.02. The Bertz CT molecular complexity index is 837. The molecule has 1 aromatic rings. The van der Waals surface area contributed by atoms with Crippen LogP contribution in [0.25, 0.3) is 0 Å². The smallest absolute Gasteiger partial charge is 0.236 e. The number of nitrogens with two attached hydrogens (primary N) is 1. The van der Waals surface area contributed by atoms with E-state index in [2.05, 4.69) is 32.2 Å². The SMILES string of the molecule is NC(=O)C1CCN(CC(=O)N2CCC3(CCNC3=O)CC2)C(c2cccc(Br)c2)C1. The van der Waals surface area contributed by atoms with Gasteiger partial charge < -0.3 is 16.0 Å². The van der Waals surface area contributed by atoms with Crippen LogP contribution >= 0.6 is 15.9 Å². The van der Waals surface area contributed by atoms with Gasteiger partial charge in [-0.05, 0) is 49.8 Å². The van der Waals surface area contributed by atoms with Gasteiger partial charge in [0.2, 0.25) is 17.7 Å². The maximum Gasteiger partial charge on any atom is 0.236 e. The topological polar surface area (TPSA) is 95.7 Å². The fourth-order valence-corrected chi connectivity index (χ4v) is 5.59. The number of primary amides is 1. The molecule has 1 aromatic carbocycles. The van der Waals surface area contributed by atoms with Gasteiger partial charge in [-0.2, -0.15) is 0 Å². The predicted molar refractivity (Wildman–Crippen MR) is 116 cm³/mol. The molecule has 1 spiro atoms. The Labute approximate surface area is 185 Å². The molecule has 3 saturated heterocycles. The Morgan fingerprint density at radius 1 is 1.20 bits per heavy atom. The van der Waals surface area contributed by atoms with E-state index in [4.69, 9.17) is 5.73 Å². The van der Waals surface area contributed by atoms with Crippen molar-refractivity contribution in [2.75, 3.05) is 32.7 Å². The molecule has 0 aliphatic carbocycles. The van der Waals surface area contributed by atoms with E-state index in [1.54, 1.807) is 0 Å². The van der Waals surface area contributed by atoms with Crippen molar-refractivity contribution in [3.05, 3.63) is 34.3 Å². The lowest BCUT2D eigenvalue weighted by Crippen LogP contribution is -2.50. The Morgan fingerprint density at radius 3 is 2.60 bits per heavy atom. The van der Waals surface area contributed by atoms with Gasteiger partial charge in [-0.25, -0.2) is 0 Å². The molecule has 0 saturated carbocycles. The maximum absolute atomic E-state index is 13.1. The minimum absolute atomic E-state index is 0.0190. The number of amides is 3.